The van der Waals surface area contributed by atoms with E-state index in [-0.39, 0.29) is 6.04 Å². The first-order valence-electron chi connectivity index (χ1n) is 8.24. The molecular formula is C18H30N2O. The van der Waals surface area contributed by atoms with E-state index in [1.807, 2.05) is 0 Å². The molecule has 2 rings (SSSR count). The van der Waals surface area contributed by atoms with Crippen LogP contribution in [0.3, 0.4) is 0 Å². The summed E-state index contributed by atoms with van der Waals surface area (Å²) in [4.78, 5) is 2.30. The lowest BCUT2D eigenvalue weighted by Crippen LogP contribution is -2.40. The lowest BCUT2D eigenvalue weighted by molar-refractivity contribution is 0.0896. The van der Waals surface area contributed by atoms with Crippen LogP contribution in [0.4, 0.5) is 0 Å². The van der Waals surface area contributed by atoms with Crippen LogP contribution in [0.15, 0.2) is 24.3 Å². The van der Waals surface area contributed by atoms with Gasteiger partial charge in [-0.05, 0) is 50.3 Å². The minimum atomic E-state index is 0.0457. The zero-order valence-corrected chi connectivity index (χ0v) is 13.7. The average Bonchev–Trinajstić information content (AvgIpc) is 3.34. The largest absolute Gasteiger partial charge is 0.380 e. The summed E-state index contributed by atoms with van der Waals surface area (Å²) in [6, 6.07) is 9.04. The Morgan fingerprint density at radius 3 is 2.52 bits per heavy atom. The molecule has 1 saturated carbocycles. The van der Waals surface area contributed by atoms with Gasteiger partial charge < -0.3 is 10.5 Å². The van der Waals surface area contributed by atoms with Gasteiger partial charge in [0.2, 0.25) is 0 Å². The molecule has 0 heterocycles. The first-order valence-corrected chi connectivity index (χ1v) is 8.24. The summed E-state index contributed by atoms with van der Waals surface area (Å²) in [5, 5.41) is 0. The lowest BCUT2D eigenvalue weighted by atomic mass is 9.99. The van der Waals surface area contributed by atoms with Crippen LogP contribution in [0, 0.1) is 5.92 Å². The molecule has 21 heavy (non-hydrogen) atoms. The van der Waals surface area contributed by atoms with E-state index in [1.54, 1.807) is 0 Å². The SMILES string of the molecule is CCc1ccc(C(N)C(C)N(C)CCOCC2CC2)cc1. The fourth-order valence-corrected chi connectivity index (χ4v) is 2.47. The molecule has 0 bridgehead atoms. The maximum absolute atomic E-state index is 6.41. The molecule has 118 valence electrons. The van der Waals surface area contributed by atoms with Crippen molar-refractivity contribution in [3.8, 4) is 0 Å². The summed E-state index contributed by atoms with van der Waals surface area (Å²) in [7, 11) is 2.13. The number of rotatable bonds is 9. The fourth-order valence-electron chi connectivity index (χ4n) is 2.47. The van der Waals surface area contributed by atoms with Gasteiger partial charge in [0.15, 0.2) is 0 Å². The topological polar surface area (TPSA) is 38.5 Å². The van der Waals surface area contributed by atoms with Crippen molar-refractivity contribution in [2.45, 2.75) is 45.2 Å². The van der Waals surface area contributed by atoms with Crippen molar-refractivity contribution in [1.29, 1.82) is 0 Å². The number of hydrogen-bond acceptors (Lipinski definition) is 3. The fraction of sp³-hybridized carbons (Fsp3) is 0.667. The second-order valence-electron chi connectivity index (χ2n) is 6.36. The van der Waals surface area contributed by atoms with Gasteiger partial charge in [-0.3, -0.25) is 4.90 Å². The molecule has 0 spiro atoms. The molecule has 1 aliphatic carbocycles. The number of benzene rings is 1. The van der Waals surface area contributed by atoms with Crippen molar-refractivity contribution in [1.82, 2.24) is 4.90 Å². The van der Waals surface area contributed by atoms with Crippen molar-refractivity contribution < 1.29 is 4.74 Å². The smallest absolute Gasteiger partial charge is 0.0593 e. The van der Waals surface area contributed by atoms with Gasteiger partial charge in [-0.25, -0.2) is 0 Å². The third-order valence-corrected chi connectivity index (χ3v) is 4.63. The van der Waals surface area contributed by atoms with E-state index in [0.717, 1.165) is 32.1 Å². The molecule has 2 atom stereocenters. The molecule has 2 unspecified atom stereocenters. The zero-order chi connectivity index (χ0) is 15.2. The van der Waals surface area contributed by atoms with E-state index >= 15 is 0 Å². The highest BCUT2D eigenvalue weighted by atomic mass is 16.5. The Hall–Kier alpha value is -0.900. The summed E-state index contributed by atoms with van der Waals surface area (Å²) in [6.07, 6.45) is 3.78. The second kappa shape index (κ2) is 7.92. The molecule has 0 aliphatic heterocycles. The Morgan fingerprint density at radius 2 is 1.95 bits per heavy atom. The van der Waals surface area contributed by atoms with Gasteiger partial charge in [-0.2, -0.15) is 0 Å². The van der Waals surface area contributed by atoms with E-state index in [0.29, 0.717) is 6.04 Å². The molecule has 0 radical (unpaired) electrons. The Kier molecular flexibility index (Phi) is 6.22. The van der Waals surface area contributed by atoms with Gasteiger partial charge in [0.05, 0.1) is 6.61 Å². The summed E-state index contributed by atoms with van der Waals surface area (Å²) in [6.45, 7) is 7.05. The average molecular weight is 290 g/mol. The van der Waals surface area contributed by atoms with E-state index < -0.39 is 0 Å². The number of nitrogens with two attached hydrogens (primary N) is 1. The molecule has 3 heteroatoms. The van der Waals surface area contributed by atoms with Crippen molar-refractivity contribution in [3.05, 3.63) is 35.4 Å². The molecule has 3 nitrogen and oxygen atoms in total. The van der Waals surface area contributed by atoms with E-state index in [4.69, 9.17) is 10.5 Å². The van der Waals surface area contributed by atoms with Crippen LogP contribution in [0.5, 0.6) is 0 Å². The quantitative estimate of drug-likeness (QED) is 0.711. The van der Waals surface area contributed by atoms with Gasteiger partial charge in [-0.1, -0.05) is 31.2 Å². The normalized spacial score (nSPS) is 18.0. The second-order valence-corrected chi connectivity index (χ2v) is 6.36. The summed E-state index contributed by atoms with van der Waals surface area (Å²) in [5.74, 6) is 0.840. The van der Waals surface area contributed by atoms with Crippen molar-refractivity contribution in [2.75, 3.05) is 26.8 Å². The predicted octanol–water partition coefficient (Wildman–Crippen LogP) is 3.00. The van der Waals surface area contributed by atoms with Crippen LogP contribution >= 0.6 is 0 Å². The molecule has 0 aromatic heterocycles. The van der Waals surface area contributed by atoms with E-state index in [9.17, 15) is 0 Å². The van der Waals surface area contributed by atoms with Gasteiger partial charge in [0.1, 0.15) is 0 Å². The Balaban J connectivity index is 1.77. The molecule has 1 fully saturated rings. The van der Waals surface area contributed by atoms with Crippen molar-refractivity contribution >= 4 is 0 Å². The van der Waals surface area contributed by atoms with Gasteiger partial charge in [-0.15, -0.1) is 0 Å². The van der Waals surface area contributed by atoms with Crippen LogP contribution in [0.2, 0.25) is 0 Å². The Morgan fingerprint density at radius 1 is 1.29 bits per heavy atom. The third kappa shape index (κ3) is 5.10. The highest BCUT2D eigenvalue weighted by Crippen LogP contribution is 2.28. The van der Waals surface area contributed by atoms with Gasteiger partial charge in [0, 0.05) is 25.2 Å². The minimum Gasteiger partial charge on any atom is -0.380 e. The first kappa shape index (κ1) is 16.5. The molecule has 2 N–H and O–H groups in total. The maximum atomic E-state index is 6.41. The first-order chi connectivity index (χ1) is 10.1. The van der Waals surface area contributed by atoms with Crippen LogP contribution in [-0.2, 0) is 11.2 Å². The van der Waals surface area contributed by atoms with Gasteiger partial charge in [0.25, 0.3) is 0 Å². The van der Waals surface area contributed by atoms with E-state index in [2.05, 4.69) is 50.1 Å². The standard InChI is InChI=1S/C18H30N2O/c1-4-15-7-9-17(10-8-15)18(19)14(2)20(3)11-12-21-13-16-5-6-16/h7-10,14,16,18H,4-6,11-13,19H2,1-3H3. The van der Waals surface area contributed by atoms with Gasteiger partial charge >= 0.3 is 0 Å². The number of ether oxygens (including phenoxy) is 1. The molecule has 1 aromatic carbocycles. The lowest BCUT2D eigenvalue weighted by Gasteiger charge is -2.30. The molecule has 1 aliphatic rings. The summed E-state index contributed by atoms with van der Waals surface area (Å²) in [5.41, 5.74) is 8.99. The molecular weight excluding hydrogens is 260 g/mol. The number of aryl methyl sites for hydroxylation is 1. The van der Waals surface area contributed by atoms with Crippen LogP contribution in [0.25, 0.3) is 0 Å². The number of likely N-dealkylation sites (N-methyl/N-ethyl adjacent to an activating group) is 1. The Bertz CT molecular complexity index is 414. The van der Waals surface area contributed by atoms with Crippen molar-refractivity contribution in [3.63, 3.8) is 0 Å². The number of hydrogen-bond donors (Lipinski definition) is 1. The zero-order valence-electron chi connectivity index (χ0n) is 13.7. The number of nitrogens with zero attached hydrogens (tertiary/aromatic N) is 1. The van der Waals surface area contributed by atoms with Crippen LogP contribution in [-0.4, -0.2) is 37.7 Å². The summed E-state index contributed by atoms with van der Waals surface area (Å²) >= 11 is 0. The highest BCUT2D eigenvalue weighted by molar-refractivity contribution is 5.25. The molecule has 1 aromatic rings. The monoisotopic (exact) mass is 290 g/mol. The highest BCUT2D eigenvalue weighted by Gasteiger charge is 2.22. The van der Waals surface area contributed by atoms with Crippen LogP contribution in [0.1, 0.15) is 43.9 Å². The van der Waals surface area contributed by atoms with Crippen molar-refractivity contribution in [2.24, 2.45) is 11.7 Å². The van der Waals surface area contributed by atoms with Crippen LogP contribution < -0.4 is 5.73 Å². The molecule has 0 saturated heterocycles. The minimum absolute atomic E-state index is 0.0457. The summed E-state index contributed by atoms with van der Waals surface area (Å²) < 4.78 is 5.71. The van der Waals surface area contributed by atoms with E-state index in [1.165, 1.54) is 24.0 Å². The predicted molar refractivity (Wildman–Crippen MR) is 88.4 cm³/mol. The Labute approximate surface area is 129 Å². The third-order valence-electron chi connectivity index (χ3n) is 4.63. The molecule has 0 amide bonds. The maximum Gasteiger partial charge on any atom is 0.0593 e.